The van der Waals surface area contributed by atoms with Gasteiger partial charge in [-0.2, -0.15) is 0 Å². The van der Waals surface area contributed by atoms with Gasteiger partial charge in [-0.15, -0.1) is 0 Å². The molecule has 136 valence electrons. The predicted molar refractivity (Wildman–Crippen MR) is 102 cm³/mol. The highest BCUT2D eigenvalue weighted by molar-refractivity contribution is 6.31. The standard InChI is InChI=1S/C19H18Cl2N2O3/c20-13-4-3-5-15(10-13)26-12-18(24)22-17-7-6-14(21)11-16(17)19(25)23-8-1-2-9-23/h3-7,10-11H,1-2,8-9,12H2,(H,22,24). The van der Waals surface area contributed by atoms with Crippen LogP contribution in [0.1, 0.15) is 23.2 Å². The first-order valence-corrected chi connectivity index (χ1v) is 9.05. The van der Waals surface area contributed by atoms with Crippen LogP contribution in [0, 0.1) is 0 Å². The van der Waals surface area contributed by atoms with Gasteiger partial charge in [0.1, 0.15) is 5.75 Å². The maximum Gasteiger partial charge on any atom is 0.262 e. The molecule has 5 nitrogen and oxygen atoms in total. The van der Waals surface area contributed by atoms with Gasteiger partial charge < -0.3 is 15.0 Å². The van der Waals surface area contributed by atoms with Crippen LogP contribution in [-0.2, 0) is 4.79 Å². The van der Waals surface area contributed by atoms with E-state index in [1.54, 1.807) is 47.4 Å². The van der Waals surface area contributed by atoms with Crippen LogP contribution in [0.15, 0.2) is 42.5 Å². The van der Waals surface area contributed by atoms with Gasteiger partial charge in [-0.05, 0) is 49.2 Å². The molecule has 0 unspecified atom stereocenters. The molecule has 1 heterocycles. The van der Waals surface area contributed by atoms with Gasteiger partial charge in [0, 0.05) is 23.1 Å². The predicted octanol–water partition coefficient (Wildman–Crippen LogP) is 4.25. The Balaban J connectivity index is 1.68. The highest BCUT2D eigenvalue weighted by atomic mass is 35.5. The number of hydrogen-bond donors (Lipinski definition) is 1. The van der Waals surface area contributed by atoms with Crippen LogP contribution in [-0.4, -0.2) is 36.4 Å². The molecule has 26 heavy (non-hydrogen) atoms. The zero-order valence-electron chi connectivity index (χ0n) is 14.0. The maximum absolute atomic E-state index is 12.7. The Kier molecular flexibility index (Phi) is 6.01. The minimum atomic E-state index is -0.372. The van der Waals surface area contributed by atoms with E-state index < -0.39 is 0 Å². The smallest absolute Gasteiger partial charge is 0.262 e. The number of hydrogen-bond acceptors (Lipinski definition) is 3. The van der Waals surface area contributed by atoms with Gasteiger partial charge in [-0.1, -0.05) is 29.3 Å². The van der Waals surface area contributed by atoms with E-state index in [2.05, 4.69) is 5.32 Å². The van der Waals surface area contributed by atoms with E-state index in [1.807, 2.05) is 0 Å². The van der Waals surface area contributed by atoms with Crippen molar-refractivity contribution >= 4 is 40.7 Å². The van der Waals surface area contributed by atoms with Crippen molar-refractivity contribution in [2.75, 3.05) is 25.0 Å². The van der Waals surface area contributed by atoms with Crippen molar-refractivity contribution in [1.82, 2.24) is 4.90 Å². The fraction of sp³-hybridized carbons (Fsp3) is 0.263. The number of rotatable bonds is 5. The lowest BCUT2D eigenvalue weighted by Gasteiger charge is -2.18. The molecule has 0 spiro atoms. The highest BCUT2D eigenvalue weighted by Gasteiger charge is 2.23. The van der Waals surface area contributed by atoms with Gasteiger partial charge >= 0.3 is 0 Å². The molecule has 2 aromatic rings. The van der Waals surface area contributed by atoms with Gasteiger partial charge in [0.15, 0.2) is 6.61 Å². The summed E-state index contributed by atoms with van der Waals surface area (Å²) in [6.45, 7) is 1.24. The van der Waals surface area contributed by atoms with E-state index in [1.165, 1.54) is 0 Å². The van der Waals surface area contributed by atoms with Gasteiger partial charge in [0.2, 0.25) is 0 Å². The minimum Gasteiger partial charge on any atom is -0.484 e. The lowest BCUT2D eigenvalue weighted by Crippen LogP contribution is -2.29. The van der Waals surface area contributed by atoms with Crippen molar-refractivity contribution < 1.29 is 14.3 Å². The molecule has 0 bridgehead atoms. The molecule has 0 atom stereocenters. The number of nitrogens with one attached hydrogen (secondary N) is 1. The summed E-state index contributed by atoms with van der Waals surface area (Å²) in [6.07, 6.45) is 1.98. The van der Waals surface area contributed by atoms with Crippen LogP contribution in [0.4, 0.5) is 5.69 Å². The summed E-state index contributed by atoms with van der Waals surface area (Å²) in [5, 5.41) is 3.70. The van der Waals surface area contributed by atoms with Gasteiger partial charge in [0.05, 0.1) is 11.3 Å². The van der Waals surface area contributed by atoms with Gasteiger partial charge in [-0.25, -0.2) is 0 Å². The molecule has 1 aliphatic heterocycles. The Hall–Kier alpha value is -2.24. The first-order chi connectivity index (χ1) is 12.5. The van der Waals surface area contributed by atoms with Crippen molar-refractivity contribution in [3.05, 3.63) is 58.1 Å². The second kappa shape index (κ2) is 8.43. The average molecular weight is 393 g/mol. The number of likely N-dealkylation sites (tertiary alicyclic amines) is 1. The molecular formula is C19H18Cl2N2O3. The fourth-order valence-electron chi connectivity index (χ4n) is 2.78. The second-order valence-electron chi connectivity index (χ2n) is 5.98. The molecule has 2 aromatic carbocycles. The summed E-state index contributed by atoms with van der Waals surface area (Å²) in [4.78, 5) is 26.7. The van der Waals surface area contributed by atoms with E-state index >= 15 is 0 Å². The summed E-state index contributed by atoms with van der Waals surface area (Å²) < 4.78 is 5.43. The molecule has 0 aliphatic carbocycles. The highest BCUT2D eigenvalue weighted by Crippen LogP contribution is 2.24. The number of ether oxygens (including phenoxy) is 1. The summed E-state index contributed by atoms with van der Waals surface area (Å²) in [6, 6.07) is 11.6. The third-order valence-corrected chi connectivity index (χ3v) is 4.52. The molecule has 0 aromatic heterocycles. The first-order valence-electron chi connectivity index (χ1n) is 8.30. The van der Waals surface area contributed by atoms with E-state index in [-0.39, 0.29) is 18.4 Å². The summed E-state index contributed by atoms with van der Waals surface area (Å²) >= 11 is 11.9. The zero-order chi connectivity index (χ0) is 18.5. The van der Waals surface area contributed by atoms with E-state index in [9.17, 15) is 9.59 Å². The summed E-state index contributed by atoms with van der Waals surface area (Å²) in [5.41, 5.74) is 0.807. The normalized spacial score (nSPS) is 13.5. The Morgan fingerprint density at radius 1 is 1.04 bits per heavy atom. The van der Waals surface area contributed by atoms with Crippen LogP contribution in [0.3, 0.4) is 0 Å². The van der Waals surface area contributed by atoms with Crippen LogP contribution in [0.2, 0.25) is 10.0 Å². The van der Waals surface area contributed by atoms with Crippen molar-refractivity contribution in [2.24, 2.45) is 0 Å². The van der Waals surface area contributed by atoms with Crippen LogP contribution in [0.25, 0.3) is 0 Å². The Morgan fingerprint density at radius 2 is 1.77 bits per heavy atom. The average Bonchev–Trinajstić information content (AvgIpc) is 3.16. The molecule has 7 heteroatoms. The monoisotopic (exact) mass is 392 g/mol. The van der Waals surface area contributed by atoms with Crippen molar-refractivity contribution in [2.45, 2.75) is 12.8 Å². The maximum atomic E-state index is 12.7. The fourth-order valence-corrected chi connectivity index (χ4v) is 3.14. The van der Waals surface area contributed by atoms with Crippen molar-refractivity contribution in [3.8, 4) is 5.75 Å². The number of benzene rings is 2. The number of carbonyl (C=O) groups is 2. The molecule has 2 amide bonds. The molecule has 1 saturated heterocycles. The van der Waals surface area contributed by atoms with Crippen molar-refractivity contribution in [1.29, 1.82) is 0 Å². The number of halogens is 2. The van der Waals surface area contributed by atoms with E-state index in [0.717, 1.165) is 25.9 Å². The van der Waals surface area contributed by atoms with Crippen LogP contribution >= 0.6 is 23.2 Å². The third kappa shape index (κ3) is 4.68. The molecule has 1 fully saturated rings. The van der Waals surface area contributed by atoms with Crippen LogP contribution < -0.4 is 10.1 Å². The Labute approximate surface area is 161 Å². The largest absolute Gasteiger partial charge is 0.484 e. The van der Waals surface area contributed by atoms with E-state index in [4.69, 9.17) is 27.9 Å². The lowest BCUT2D eigenvalue weighted by molar-refractivity contribution is -0.118. The van der Waals surface area contributed by atoms with Gasteiger partial charge in [-0.3, -0.25) is 9.59 Å². The third-order valence-electron chi connectivity index (χ3n) is 4.05. The van der Waals surface area contributed by atoms with Crippen LogP contribution in [0.5, 0.6) is 5.75 Å². The summed E-state index contributed by atoms with van der Waals surface area (Å²) in [7, 11) is 0. The number of amides is 2. The molecule has 0 radical (unpaired) electrons. The first kappa shape index (κ1) is 18.5. The molecular weight excluding hydrogens is 375 g/mol. The molecule has 3 rings (SSSR count). The molecule has 1 aliphatic rings. The molecule has 1 N–H and O–H groups in total. The lowest BCUT2D eigenvalue weighted by atomic mass is 10.1. The Morgan fingerprint density at radius 3 is 2.50 bits per heavy atom. The minimum absolute atomic E-state index is 0.129. The van der Waals surface area contributed by atoms with E-state index in [0.29, 0.717) is 27.0 Å². The second-order valence-corrected chi connectivity index (χ2v) is 6.86. The number of nitrogens with zero attached hydrogens (tertiary/aromatic N) is 1. The summed E-state index contributed by atoms with van der Waals surface area (Å²) in [5.74, 6) is -0.00375. The topological polar surface area (TPSA) is 58.6 Å². The van der Waals surface area contributed by atoms with Gasteiger partial charge in [0.25, 0.3) is 11.8 Å². The molecule has 0 saturated carbocycles. The number of carbonyl (C=O) groups excluding carboxylic acids is 2. The zero-order valence-corrected chi connectivity index (χ0v) is 15.5. The van der Waals surface area contributed by atoms with Crippen molar-refractivity contribution in [3.63, 3.8) is 0 Å². The SMILES string of the molecule is O=C(COc1cccc(Cl)c1)Nc1ccc(Cl)cc1C(=O)N1CCCC1. The Bertz CT molecular complexity index is 820. The quantitative estimate of drug-likeness (QED) is 0.827. The number of anilines is 1.